The molecule has 2 aromatic carbocycles. The Labute approximate surface area is 151 Å². The van der Waals surface area contributed by atoms with Crippen molar-refractivity contribution < 1.29 is 23.0 Å². The van der Waals surface area contributed by atoms with Crippen LogP contribution in [0.5, 0.6) is 11.5 Å². The van der Waals surface area contributed by atoms with Crippen LogP contribution in [0.15, 0.2) is 42.5 Å². The van der Waals surface area contributed by atoms with E-state index in [4.69, 9.17) is 4.74 Å². The predicted octanol–water partition coefficient (Wildman–Crippen LogP) is 3.38. The van der Waals surface area contributed by atoms with Crippen LogP contribution in [0.3, 0.4) is 0 Å². The summed E-state index contributed by atoms with van der Waals surface area (Å²) in [6.07, 6.45) is 0.592. The lowest BCUT2D eigenvalue weighted by Crippen LogP contribution is -2.31. The monoisotopic (exact) mass is 364 g/mol. The molecule has 2 aromatic rings. The standard InChI is InChI=1S/C19H22F2N2O3/c1-13-3-8-17(25-2)16(11-13)23-12-18(24)22-10-9-14-4-6-15(7-5-14)26-19(20)21/h3-8,11,19,23H,9-10,12H2,1-2H3,(H,22,24). The molecule has 1 amide bonds. The van der Waals surface area contributed by atoms with Crippen molar-refractivity contribution in [2.24, 2.45) is 0 Å². The number of amides is 1. The Hall–Kier alpha value is -2.83. The Balaban J connectivity index is 1.74. The molecule has 7 heteroatoms. The molecule has 0 saturated carbocycles. The summed E-state index contributed by atoms with van der Waals surface area (Å²) in [7, 11) is 1.58. The van der Waals surface area contributed by atoms with Crippen molar-refractivity contribution in [1.29, 1.82) is 0 Å². The van der Waals surface area contributed by atoms with Crippen molar-refractivity contribution in [2.45, 2.75) is 20.0 Å². The molecule has 5 nitrogen and oxygen atoms in total. The van der Waals surface area contributed by atoms with Crippen molar-refractivity contribution in [3.05, 3.63) is 53.6 Å². The number of ether oxygens (including phenoxy) is 2. The van der Waals surface area contributed by atoms with Crippen LogP contribution in [0.2, 0.25) is 0 Å². The zero-order chi connectivity index (χ0) is 18.9. The van der Waals surface area contributed by atoms with Gasteiger partial charge in [0.05, 0.1) is 19.3 Å². The quantitative estimate of drug-likeness (QED) is 0.716. The second-order valence-corrected chi connectivity index (χ2v) is 5.68. The number of methoxy groups -OCH3 is 1. The van der Waals surface area contributed by atoms with Crippen LogP contribution in [0.4, 0.5) is 14.5 Å². The number of anilines is 1. The molecule has 140 valence electrons. The molecular formula is C19H22F2N2O3. The van der Waals surface area contributed by atoms with Gasteiger partial charge in [-0.1, -0.05) is 18.2 Å². The maximum absolute atomic E-state index is 12.1. The van der Waals surface area contributed by atoms with Gasteiger partial charge in [0, 0.05) is 6.54 Å². The Morgan fingerprint density at radius 3 is 2.54 bits per heavy atom. The van der Waals surface area contributed by atoms with Gasteiger partial charge >= 0.3 is 6.61 Å². The lowest BCUT2D eigenvalue weighted by atomic mass is 10.1. The summed E-state index contributed by atoms with van der Waals surface area (Å²) in [6, 6.07) is 12.0. The zero-order valence-electron chi connectivity index (χ0n) is 14.7. The first-order chi connectivity index (χ1) is 12.5. The fraction of sp³-hybridized carbons (Fsp3) is 0.316. The molecule has 26 heavy (non-hydrogen) atoms. The lowest BCUT2D eigenvalue weighted by molar-refractivity contribution is -0.119. The van der Waals surface area contributed by atoms with Crippen molar-refractivity contribution in [2.75, 3.05) is 25.5 Å². The molecule has 0 aliphatic heterocycles. The summed E-state index contributed by atoms with van der Waals surface area (Å²) in [5.41, 5.74) is 2.74. The number of benzene rings is 2. The Bertz CT molecular complexity index is 721. The fourth-order valence-corrected chi connectivity index (χ4v) is 2.38. The van der Waals surface area contributed by atoms with Gasteiger partial charge < -0.3 is 20.1 Å². The summed E-state index contributed by atoms with van der Waals surface area (Å²) in [4.78, 5) is 11.9. The van der Waals surface area contributed by atoms with E-state index in [-0.39, 0.29) is 18.2 Å². The molecule has 0 fully saturated rings. The third-order valence-electron chi connectivity index (χ3n) is 3.68. The van der Waals surface area contributed by atoms with Crippen LogP contribution in [0, 0.1) is 6.92 Å². The van der Waals surface area contributed by atoms with Crippen LogP contribution in [0.25, 0.3) is 0 Å². The molecule has 2 N–H and O–H groups in total. The number of nitrogens with one attached hydrogen (secondary N) is 2. The van der Waals surface area contributed by atoms with E-state index in [2.05, 4.69) is 15.4 Å². The van der Waals surface area contributed by atoms with Crippen LogP contribution >= 0.6 is 0 Å². The minimum Gasteiger partial charge on any atom is -0.495 e. The van der Waals surface area contributed by atoms with Gasteiger partial charge in [-0.05, 0) is 48.7 Å². The summed E-state index contributed by atoms with van der Waals surface area (Å²) in [5.74, 6) is 0.643. The van der Waals surface area contributed by atoms with E-state index in [9.17, 15) is 13.6 Å². The number of rotatable bonds is 9. The minimum absolute atomic E-state index is 0.115. The van der Waals surface area contributed by atoms with E-state index < -0.39 is 6.61 Å². The summed E-state index contributed by atoms with van der Waals surface area (Å²) in [5, 5.41) is 5.86. The maximum atomic E-state index is 12.1. The Kier molecular flexibility index (Phi) is 7.20. The maximum Gasteiger partial charge on any atom is 0.387 e. The molecule has 0 aliphatic carbocycles. The van der Waals surface area contributed by atoms with E-state index in [0.717, 1.165) is 16.8 Å². The first-order valence-corrected chi connectivity index (χ1v) is 8.17. The number of carbonyl (C=O) groups is 1. The summed E-state index contributed by atoms with van der Waals surface area (Å²) >= 11 is 0. The van der Waals surface area contributed by atoms with Gasteiger partial charge in [-0.2, -0.15) is 8.78 Å². The molecule has 0 aliphatic rings. The normalized spacial score (nSPS) is 10.5. The number of alkyl halides is 2. The smallest absolute Gasteiger partial charge is 0.387 e. The SMILES string of the molecule is COc1ccc(C)cc1NCC(=O)NCCc1ccc(OC(F)F)cc1. The van der Waals surface area contributed by atoms with Gasteiger partial charge in [-0.3, -0.25) is 4.79 Å². The molecule has 0 unspecified atom stereocenters. The highest BCUT2D eigenvalue weighted by Gasteiger charge is 2.06. The second-order valence-electron chi connectivity index (χ2n) is 5.68. The summed E-state index contributed by atoms with van der Waals surface area (Å²) < 4.78 is 33.7. The van der Waals surface area contributed by atoms with Gasteiger partial charge in [0.25, 0.3) is 0 Å². The largest absolute Gasteiger partial charge is 0.495 e. The van der Waals surface area contributed by atoms with Gasteiger partial charge in [0.15, 0.2) is 0 Å². The number of hydrogen-bond acceptors (Lipinski definition) is 4. The lowest BCUT2D eigenvalue weighted by Gasteiger charge is -2.12. The first-order valence-electron chi connectivity index (χ1n) is 8.17. The van der Waals surface area contributed by atoms with E-state index in [0.29, 0.717) is 18.7 Å². The Morgan fingerprint density at radius 2 is 1.88 bits per heavy atom. The van der Waals surface area contributed by atoms with Crippen LogP contribution in [-0.2, 0) is 11.2 Å². The van der Waals surface area contributed by atoms with Crippen LogP contribution in [0.1, 0.15) is 11.1 Å². The topological polar surface area (TPSA) is 59.6 Å². The zero-order valence-corrected chi connectivity index (χ0v) is 14.7. The molecule has 0 spiro atoms. The van der Waals surface area contributed by atoms with Crippen molar-refractivity contribution in [3.8, 4) is 11.5 Å². The highest BCUT2D eigenvalue weighted by atomic mass is 19.3. The third-order valence-corrected chi connectivity index (χ3v) is 3.68. The Morgan fingerprint density at radius 1 is 1.15 bits per heavy atom. The molecule has 0 heterocycles. The van der Waals surface area contributed by atoms with E-state index in [1.54, 1.807) is 19.2 Å². The van der Waals surface area contributed by atoms with Gasteiger partial charge in [0.2, 0.25) is 5.91 Å². The van der Waals surface area contributed by atoms with Crippen molar-refractivity contribution in [1.82, 2.24) is 5.32 Å². The summed E-state index contributed by atoms with van der Waals surface area (Å²) in [6.45, 7) is -0.302. The number of hydrogen-bond donors (Lipinski definition) is 2. The number of halogens is 2. The predicted molar refractivity (Wildman–Crippen MR) is 96.0 cm³/mol. The highest BCUT2D eigenvalue weighted by Crippen LogP contribution is 2.24. The molecule has 0 bridgehead atoms. The molecule has 0 aromatic heterocycles. The van der Waals surface area contributed by atoms with Crippen LogP contribution < -0.4 is 20.1 Å². The molecule has 0 radical (unpaired) electrons. The van der Waals surface area contributed by atoms with E-state index in [1.165, 1.54) is 12.1 Å². The van der Waals surface area contributed by atoms with Crippen LogP contribution in [-0.4, -0.2) is 32.7 Å². The fourth-order valence-electron chi connectivity index (χ4n) is 2.38. The van der Waals surface area contributed by atoms with E-state index in [1.807, 2.05) is 25.1 Å². The molecule has 2 rings (SSSR count). The van der Waals surface area contributed by atoms with Gasteiger partial charge in [-0.25, -0.2) is 0 Å². The van der Waals surface area contributed by atoms with Crippen molar-refractivity contribution >= 4 is 11.6 Å². The number of carbonyl (C=O) groups excluding carboxylic acids is 1. The van der Waals surface area contributed by atoms with Gasteiger partial charge in [-0.15, -0.1) is 0 Å². The number of aryl methyl sites for hydroxylation is 1. The average Bonchev–Trinajstić information content (AvgIpc) is 2.61. The molecule has 0 saturated heterocycles. The van der Waals surface area contributed by atoms with Gasteiger partial charge in [0.1, 0.15) is 11.5 Å². The highest BCUT2D eigenvalue weighted by molar-refractivity contribution is 5.81. The third kappa shape index (κ3) is 6.23. The molecular weight excluding hydrogens is 342 g/mol. The minimum atomic E-state index is -2.83. The van der Waals surface area contributed by atoms with E-state index >= 15 is 0 Å². The van der Waals surface area contributed by atoms with Crippen molar-refractivity contribution in [3.63, 3.8) is 0 Å². The second kappa shape index (κ2) is 9.60. The average molecular weight is 364 g/mol. The first kappa shape index (κ1) is 19.5. The molecule has 0 atom stereocenters.